The van der Waals surface area contributed by atoms with Crippen LogP contribution in [0, 0.1) is 0 Å². The average molecular weight is 324 g/mol. The molecule has 0 radical (unpaired) electrons. The fourth-order valence-electron chi connectivity index (χ4n) is 2.91. The number of carbonyl (C=O) groups is 2. The lowest BCUT2D eigenvalue weighted by molar-refractivity contribution is -0.151. The van der Waals surface area contributed by atoms with Gasteiger partial charge in [0, 0.05) is 12.8 Å². The molecule has 0 aromatic carbocycles. The third kappa shape index (κ3) is 7.19. The van der Waals surface area contributed by atoms with Gasteiger partial charge in [0.05, 0.1) is 0 Å². The Morgan fingerprint density at radius 1 is 1.00 bits per heavy atom. The van der Waals surface area contributed by atoms with E-state index in [9.17, 15) is 14.7 Å². The summed E-state index contributed by atoms with van der Waals surface area (Å²) in [6, 6.07) is 0. The third-order valence-corrected chi connectivity index (χ3v) is 4.36. The van der Waals surface area contributed by atoms with E-state index in [1.54, 1.807) is 0 Å². The zero-order valence-corrected chi connectivity index (χ0v) is 14.7. The smallest absolute Gasteiger partial charge is 0.345 e. The molecule has 1 aliphatic heterocycles. The molecule has 132 valence electrons. The summed E-state index contributed by atoms with van der Waals surface area (Å²) in [5.41, 5.74) is -0.116. The molecule has 1 aliphatic rings. The lowest BCUT2D eigenvalue weighted by Crippen LogP contribution is -2.33. The van der Waals surface area contributed by atoms with E-state index in [1.807, 2.05) is 6.92 Å². The maximum Gasteiger partial charge on any atom is 0.345 e. The molecule has 0 amide bonds. The van der Waals surface area contributed by atoms with Crippen LogP contribution in [0.15, 0.2) is 11.3 Å². The van der Waals surface area contributed by atoms with Gasteiger partial charge in [0.25, 0.3) is 0 Å². The van der Waals surface area contributed by atoms with Gasteiger partial charge in [-0.2, -0.15) is 0 Å². The van der Waals surface area contributed by atoms with Crippen LogP contribution in [0.4, 0.5) is 0 Å². The molecule has 0 aromatic rings. The molecule has 0 spiro atoms. The quantitative estimate of drug-likeness (QED) is 0.191. The maximum atomic E-state index is 12.1. The zero-order valence-electron chi connectivity index (χ0n) is 14.7. The lowest BCUT2D eigenvalue weighted by Gasteiger charge is -2.23. The van der Waals surface area contributed by atoms with E-state index in [0.29, 0.717) is 6.42 Å². The molecule has 1 heterocycles. The van der Waals surface area contributed by atoms with Gasteiger partial charge in [-0.25, -0.2) is 4.79 Å². The second-order valence-corrected chi connectivity index (χ2v) is 6.49. The Bertz CT molecular complexity index is 392. The number of cyclic esters (lactones) is 1. The summed E-state index contributed by atoms with van der Waals surface area (Å²) in [7, 11) is 0. The molecule has 0 aliphatic carbocycles. The fraction of sp³-hybridized carbons (Fsp3) is 0.789. The highest BCUT2D eigenvalue weighted by Crippen LogP contribution is 2.24. The number of rotatable bonds is 11. The minimum Gasteiger partial charge on any atom is -0.511 e. The number of esters is 1. The van der Waals surface area contributed by atoms with E-state index >= 15 is 0 Å². The van der Waals surface area contributed by atoms with Crippen molar-refractivity contribution in [2.75, 3.05) is 0 Å². The van der Waals surface area contributed by atoms with Crippen LogP contribution in [0.3, 0.4) is 0 Å². The van der Waals surface area contributed by atoms with Crippen molar-refractivity contribution >= 4 is 11.8 Å². The first-order valence-corrected chi connectivity index (χ1v) is 9.26. The van der Waals surface area contributed by atoms with Crippen molar-refractivity contribution in [3.63, 3.8) is 0 Å². The van der Waals surface area contributed by atoms with Gasteiger partial charge >= 0.3 is 5.97 Å². The van der Waals surface area contributed by atoms with Gasteiger partial charge in [0.15, 0.2) is 5.78 Å². The zero-order chi connectivity index (χ0) is 17.1. The predicted molar refractivity (Wildman–Crippen MR) is 91.3 cm³/mol. The number of hydrogen-bond acceptors (Lipinski definition) is 4. The van der Waals surface area contributed by atoms with Crippen LogP contribution in [-0.4, -0.2) is 23.0 Å². The molecule has 1 rings (SSSR count). The Hall–Kier alpha value is -1.32. The first-order valence-electron chi connectivity index (χ1n) is 9.26. The fourth-order valence-corrected chi connectivity index (χ4v) is 2.91. The molecule has 4 nitrogen and oxygen atoms in total. The lowest BCUT2D eigenvalue weighted by atomic mass is 9.96. The topological polar surface area (TPSA) is 63.6 Å². The van der Waals surface area contributed by atoms with Crippen LogP contribution in [0.2, 0.25) is 0 Å². The summed E-state index contributed by atoms with van der Waals surface area (Å²) in [5.74, 6) is -0.998. The van der Waals surface area contributed by atoms with Crippen molar-refractivity contribution < 1.29 is 19.4 Å². The molecule has 1 saturated heterocycles. The van der Waals surface area contributed by atoms with Crippen LogP contribution < -0.4 is 0 Å². The number of aliphatic hydroxyl groups excluding tert-OH is 1. The number of ether oxygens (including phenoxy) is 1. The van der Waals surface area contributed by atoms with Gasteiger partial charge in [-0.3, -0.25) is 4.79 Å². The molecule has 1 atom stereocenters. The van der Waals surface area contributed by atoms with E-state index in [0.717, 1.165) is 32.1 Å². The van der Waals surface area contributed by atoms with Crippen molar-refractivity contribution in [2.45, 2.75) is 97.0 Å². The van der Waals surface area contributed by atoms with E-state index < -0.39 is 5.97 Å². The monoisotopic (exact) mass is 324 g/mol. The van der Waals surface area contributed by atoms with Gasteiger partial charge < -0.3 is 9.84 Å². The van der Waals surface area contributed by atoms with Crippen LogP contribution in [0.1, 0.15) is 90.9 Å². The first-order chi connectivity index (χ1) is 11.1. The third-order valence-electron chi connectivity index (χ3n) is 4.36. The van der Waals surface area contributed by atoms with Crippen molar-refractivity contribution in [2.24, 2.45) is 0 Å². The molecule has 0 saturated carbocycles. The molecule has 0 unspecified atom stereocenters. The van der Waals surface area contributed by atoms with Crippen LogP contribution in [0.5, 0.6) is 0 Å². The van der Waals surface area contributed by atoms with Crippen molar-refractivity contribution in [1.29, 1.82) is 0 Å². The SMILES string of the molecule is CCCCCCCCC[C@@H]1CC(=O)C(=C(O)CCCC)C(=O)O1. The van der Waals surface area contributed by atoms with Crippen LogP contribution in [-0.2, 0) is 14.3 Å². The van der Waals surface area contributed by atoms with Crippen LogP contribution in [0.25, 0.3) is 0 Å². The number of Topliss-reactive ketones (excluding diaryl/α,β-unsaturated/α-hetero) is 1. The molecule has 1 N–H and O–H groups in total. The summed E-state index contributed by atoms with van der Waals surface area (Å²) >= 11 is 0. The van der Waals surface area contributed by atoms with Gasteiger partial charge in [0.1, 0.15) is 17.4 Å². The van der Waals surface area contributed by atoms with Gasteiger partial charge in [-0.15, -0.1) is 0 Å². The molecule has 4 heteroatoms. The Kier molecular flexibility index (Phi) is 9.65. The van der Waals surface area contributed by atoms with Gasteiger partial charge in [-0.1, -0.05) is 58.8 Å². The normalized spacial score (nSPS) is 20.5. The van der Waals surface area contributed by atoms with Gasteiger partial charge in [-0.05, 0) is 19.3 Å². The highest BCUT2D eigenvalue weighted by molar-refractivity contribution is 6.19. The largest absolute Gasteiger partial charge is 0.511 e. The summed E-state index contributed by atoms with van der Waals surface area (Å²) < 4.78 is 5.34. The molecular weight excluding hydrogens is 292 g/mol. The first kappa shape index (κ1) is 19.7. The van der Waals surface area contributed by atoms with E-state index in [4.69, 9.17) is 4.74 Å². The minimum absolute atomic E-state index is 0.101. The number of aliphatic hydroxyl groups is 1. The second-order valence-electron chi connectivity index (χ2n) is 6.49. The molecule has 23 heavy (non-hydrogen) atoms. The molecule has 1 fully saturated rings. The number of carbonyl (C=O) groups excluding carboxylic acids is 2. The highest BCUT2D eigenvalue weighted by atomic mass is 16.5. The summed E-state index contributed by atoms with van der Waals surface area (Å²) in [5, 5.41) is 9.91. The number of unbranched alkanes of at least 4 members (excludes halogenated alkanes) is 7. The summed E-state index contributed by atoms with van der Waals surface area (Å²) in [4.78, 5) is 24.1. The summed E-state index contributed by atoms with van der Waals surface area (Å²) in [6.07, 6.45) is 11.1. The van der Waals surface area contributed by atoms with E-state index in [1.165, 1.54) is 32.1 Å². The highest BCUT2D eigenvalue weighted by Gasteiger charge is 2.34. The second kappa shape index (κ2) is 11.3. The van der Waals surface area contributed by atoms with E-state index in [2.05, 4.69) is 6.92 Å². The van der Waals surface area contributed by atoms with Crippen molar-refractivity contribution in [3.05, 3.63) is 11.3 Å². The Morgan fingerprint density at radius 2 is 1.61 bits per heavy atom. The number of allylic oxidation sites excluding steroid dienone is 1. The summed E-state index contributed by atoms with van der Waals surface area (Å²) in [6.45, 7) is 4.20. The number of hydrogen-bond donors (Lipinski definition) is 1. The molecule has 0 bridgehead atoms. The molecule has 0 aromatic heterocycles. The Balaban J connectivity index is 2.33. The van der Waals surface area contributed by atoms with Crippen LogP contribution >= 0.6 is 0 Å². The Morgan fingerprint density at radius 3 is 2.22 bits per heavy atom. The molecular formula is C19H32O4. The van der Waals surface area contributed by atoms with Crippen molar-refractivity contribution in [1.82, 2.24) is 0 Å². The predicted octanol–water partition coefficient (Wildman–Crippen LogP) is 5.01. The average Bonchev–Trinajstić information content (AvgIpc) is 2.51. The van der Waals surface area contributed by atoms with Crippen molar-refractivity contribution in [3.8, 4) is 0 Å². The minimum atomic E-state index is -0.636. The standard InChI is InChI=1S/C19H32O4/c1-3-5-7-8-9-10-11-12-15-14-17(21)18(19(22)23-15)16(20)13-6-4-2/h15,20H,3-14H2,1-2H3/t15-/m1/s1. The van der Waals surface area contributed by atoms with Gasteiger partial charge in [0.2, 0.25) is 0 Å². The Labute approximate surface area is 140 Å². The number of ketones is 1. The van der Waals surface area contributed by atoms with E-state index in [-0.39, 0.29) is 29.6 Å². The maximum absolute atomic E-state index is 12.1.